The van der Waals surface area contributed by atoms with Crippen LogP contribution in [0.25, 0.3) is 0 Å². The van der Waals surface area contributed by atoms with Crippen molar-refractivity contribution in [2.24, 2.45) is 5.14 Å². The van der Waals surface area contributed by atoms with Crippen LogP contribution in [-0.4, -0.2) is 13.3 Å². The molecule has 1 rings (SSSR count). The summed E-state index contributed by atoms with van der Waals surface area (Å²) in [6.45, 7) is 4.50. The largest absolute Gasteiger partial charge is 0.272 e. The standard InChI is InChI=1S/C9H12N2O4S/c1-5-4-8(11(12)13)6(2)7(3)9(5)16(10,14)15/h4H,1-3H3,(H2,10,14,15). The minimum atomic E-state index is -3.85. The summed E-state index contributed by atoms with van der Waals surface area (Å²) in [6, 6.07) is 1.22. The summed E-state index contributed by atoms with van der Waals surface area (Å²) in [5.41, 5.74) is 0.841. The number of rotatable bonds is 2. The smallest absolute Gasteiger partial charge is 0.258 e. The van der Waals surface area contributed by atoms with Crippen LogP contribution in [0.1, 0.15) is 16.7 Å². The first-order valence-corrected chi connectivity index (χ1v) is 5.99. The van der Waals surface area contributed by atoms with Gasteiger partial charge in [-0.15, -0.1) is 0 Å². The Kier molecular flexibility index (Phi) is 3.02. The van der Waals surface area contributed by atoms with E-state index in [-0.39, 0.29) is 16.1 Å². The van der Waals surface area contributed by atoms with E-state index in [0.29, 0.717) is 11.1 Å². The lowest BCUT2D eigenvalue weighted by molar-refractivity contribution is -0.385. The Morgan fingerprint density at radius 3 is 2.12 bits per heavy atom. The van der Waals surface area contributed by atoms with Crippen molar-refractivity contribution in [1.82, 2.24) is 0 Å². The molecule has 0 atom stereocenters. The van der Waals surface area contributed by atoms with Crippen molar-refractivity contribution in [2.45, 2.75) is 25.7 Å². The van der Waals surface area contributed by atoms with Crippen LogP contribution >= 0.6 is 0 Å². The molecule has 0 fully saturated rings. The van der Waals surface area contributed by atoms with Crippen LogP contribution in [0.15, 0.2) is 11.0 Å². The van der Waals surface area contributed by atoms with E-state index >= 15 is 0 Å². The molecule has 7 heteroatoms. The van der Waals surface area contributed by atoms with Crippen molar-refractivity contribution in [1.29, 1.82) is 0 Å². The van der Waals surface area contributed by atoms with Gasteiger partial charge in [-0.1, -0.05) is 0 Å². The lowest BCUT2D eigenvalue weighted by Crippen LogP contribution is -2.16. The number of nitro benzene ring substituents is 1. The van der Waals surface area contributed by atoms with Gasteiger partial charge in [0.05, 0.1) is 9.82 Å². The van der Waals surface area contributed by atoms with Gasteiger partial charge in [0.2, 0.25) is 10.0 Å². The molecular weight excluding hydrogens is 232 g/mol. The second-order valence-corrected chi connectivity index (χ2v) is 5.09. The summed E-state index contributed by atoms with van der Waals surface area (Å²) < 4.78 is 22.6. The first-order valence-electron chi connectivity index (χ1n) is 4.44. The van der Waals surface area contributed by atoms with E-state index < -0.39 is 14.9 Å². The van der Waals surface area contributed by atoms with Gasteiger partial charge in [0.25, 0.3) is 5.69 Å². The molecule has 0 aliphatic heterocycles. The summed E-state index contributed by atoms with van der Waals surface area (Å²) in [5, 5.41) is 15.8. The van der Waals surface area contributed by atoms with Crippen molar-refractivity contribution in [2.75, 3.05) is 0 Å². The molecule has 0 spiro atoms. The highest BCUT2D eigenvalue weighted by Gasteiger charge is 2.22. The number of benzene rings is 1. The number of aryl methyl sites for hydroxylation is 1. The number of primary sulfonamides is 1. The SMILES string of the molecule is Cc1cc([N+](=O)[O-])c(C)c(C)c1S(N)(=O)=O. The summed E-state index contributed by atoms with van der Waals surface area (Å²) in [6.07, 6.45) is 0. The second kappa shape index (κ2) is 3.84. The number of nitrogens with zero attached hydrogens (tertiary/aromatic N) is 1. The molecule has 0 aliphatic carbocycles. The van der Waals surface area contributed by atoms with Gasteiger partial charge in [0.15, 0.2) is 0 Å². The van der Waals surface area contributed by atoms with Gasteiger partial charge >= 0.3 is 0 Å². The molecule has 0 aliphatic rings. The summed E-state index contributed by atoms with van der Waals surface area (Å²) in [7, 11) is -3.85. The number of hydrogen-bond acceptors (Lipinski definition) is 4. The normalized spacial score (nSPS) is 11.5. The minimum absolute atomic E-state index is 0.0319. The molecule has 16 heavy (non-hydrogen) atoms. The van der Waals surface area contributed by atoms with E-state index in [1.807, 2.05) is 0 Å². The first-order chi connectivity index (χ1) is 7.16. The zero-order chi connectivity index (χ0) is 12.7. The van der Waals surface area contributed by atoms with Crippen molar-refractivity contribution >= 4 is 15.7 Å². The van der Waals surface area contributed by atoms with Crippen LogP contribution in [0.3, 0.4) is 0 Å². The van der Waals surface area contributed by atoms with Gasteiger partial charge in [0, 0.05) is 11.6 Å². The monoisotopic (exact) mass is 244 g/mol. The minimum Gasteiger partial charge on any atom is -0.258 e. The Hall–Kier alpha value is -1.47. The molecule has 0 bridgehead atoms. The molecule has 0 unspecified atom stereocenters. The molecule has 1 aromatic rings. The maximum Gasteiger partial charge on any atom is 0.272 e. The predicted molar refractivity (Wildman–Crippen MR) is 58.7 cm³/mol. The fourth-order valence-electron chi connectivity index (χ4n) is 1.66. The van der Waals surface area contributed by atoms with Gasteiger partial charge in [-0.2, -0.15) is 0 Å². The maximum atomic E-state index is 11.3. The molecule has 1 aromatic carbocycles. The molecule has 2 N–H and O–H groups in total. The highest BCUT2D eigenvalue weighted by atomic mass is 32.2. The van der Waals surface area contributed by atoms with Crippen LogP contribution in [0, 0.1) is 30.9 Å². The Morgan fingerprint density at radius 1 is 1.25 bits per heavy atom. The predicted octanol–water partition coefficient (Wildman–Crippen LogP) is 1.17. The molecule has 88 valence electrons. The molecule has 0 aromatic heterocycles. The lowest BCUT2D eigenvalue weighted by Gasteiger charge is -2.10. The molecule has 0 saturated heterocycles. The maximum absolute atomic E-state index is 11.3. The Morgan fingerprint density at radius 2 is 1.75 bits per heavy atom. The Balaban J connectivity index is 3.73. The molecular formula is C9H12N2O4S. The van der Waals surface area contributed by atoms with Gasteiger partial charge in [-0.25, -0.2) is 13.6 Å². The van der Waals surface area contributed by atoms with Crippen molar-refractivity contribution < 1.29 is 13.3 Å². The number of hydrogen-bond donors (Lipinski definition) is 1. The quantitative estimate of drug-likeness (QED) is 0.622. The fraction of sp³-hybridized carbons (Fsp3) is 0.333. The topological polar surface area (TPSA) is 103 Å². The third-order valence-electron chi connectivity index (χ3n) is 2.48. The number of nitrogens with two attached hydrogens (primary N) is 1. The summed E-state index contributed by atoms with van der Waals surface area (Å²) in [4.78, 5) is 10.1. The van der Waals surface area contributed by atoms with E-state index in [1.54, 1.807) is 0 Å². The van der Waals surface area contributed by atoms with Crippen molar-refractivity contribution in [3.8, 4) is 0 Å². The molecule has 6 nitrogen and oxygen atoms in total. The van der Waals surface area contributed by atoms with Gasteiger partial charge in [0.1, 0.15) is 0 Å². The van der Waals surface area contributed by atoms with Gasteiger partial charge in [-0.3, -0.25) is 10.1 Å². The van der Waals surface area contributed by atoms with Crippen LogP contribution in [0.2, 0.25) is 0 Å². The van der Waals surface area contributed by atoms with Crippen LogP contribution in [0.4, 0.5) is 5.69 Å². The molecule has 0 heterocycles. The van der Waals surface area contributed by atoms with E-state index in [0.717, 1.165) is 0 Å². The highest BCUT2D eigenvalue weighted by molar-refractivity contribution is 7.89. The Bertz CT molecular complexity index is 563. The van der Waals surface area contributed by atoms with Crippen molar-refractivity contribution in [3.05, 3.63) is 32.9 Å². The zero-order valence-electron chi connectivity index (χ0n) is 9.14. The van der Waals surface area contributed by atoms with E-state index in [9.17, 15) is 18.5 Å². The average Bonchev–Trinajstić information content (AvgIpc) is 2.08. The number of nitro groups is 1. The third kappa shape index (κ3) is 2.05. The third-order valence-corrected chi connectivity index (χ3v) is 3.68. The van der Waals surface area contributed by atoms with Crippen LogP contribution in [0.5, 0.6) is 0 Å². The van der Waals surface area contributed by atoms with Crippen LogP contribution < -0.4 is 5.14 Å². The van der Waals surface area contributed by atoms with Crippen molar-refractivity contribution in [3.63, 3.8) is 0 Å². The first kappa shape index (κ1) is 12.6. The fourth-order valence-corrected chi connectivity index (χ4v) is 2.75. The lowest BCUT2D eigenvalue weighted by atomic mass is 10.0. The van der Waals surface area contributed by atoms with Gasteiger partial charge in [-0.05, 0) is 31.9 Å². The highest BCUT2D eigenvalue weighted by Crippen LogP contribution is 2.29. The van der Waals surface area contributed by atoms with Gasteiger partial charge < -0.3 is 0 Å². The number of sulfonamides is 1. The summed E-state index contributed by atoms with van der Waals surface area (Å²) >= 11 is 0. The average molecular weight is 244 g/mol. The second-order valence-electron chi connectivity index (χ2n) is 3.59. The molecule has 0 amide bonds. The zero-order valence-corrected chi connectivity index (χ0v) is 9.96. The Labute approximate surface area is 93.3 Å². The molecule has 0 saturated carbocycles. The summed E-state index contributed by atoms with van der Waals surface area (Å²) in [5.74, 6) is 0. The molecule has 0 radical (unpaired) electrons. The van der Waals surface area contributed by atoms with E-state index in [1.165, 1.54) is 26.8 Å². The van der Waals surface area contributed by atoms with Crippen LogP contribution in [-0.2, 0) is 10.0 Å². The van der Waals surface area contributed by atoms with E-state index in [2.05, 4.69) is 0 Å². The van der Waals surface area contributed by atoms with E-state index in [4.69, 9.17) is 5.14 Å².